The molecule has 0 spiro atoms. The van der Waals surface area contributed by atoms with Crippen molar-refractivity contribution in [2.24, 2.45) is 0 Å². The molecule has 0 radical (unpaired) electrons. The Morgan fingerprint density at radius 1 is 1.28 bits per heavy atom. The fourth-order valence-corrected chi connectivity index (χ4v) is 3.40. The van der Waals surface area contributed by atoms with Crippen LogP contribution in [-0.4, -0.2) is 44.0 Å². The third-order valence-corrected chi connectivity index (χ3v) is 4.78. The van der Waals surface area contributed by atoms with Crippen LogP contribution in [0.15, 0.2) is 24.5 Å². The Morgan fingerprint density at radius 2 is 2.03 bits per heavy atom. The molecule has 3 aromatic rings. The zero-order chi connectivity index (χ0) is 21.0. The molecule has 2 aromatic heterocycles. The SMILES string of the molecule is Cc1cc(C(F)(F)F)cc(O)c1-c1cnc2cn([C@@H]3CCOCC3(F)F)nc2n1. The van der Waals surface area contributed by atoms with Crippen molar-refractivity contribution >= 4 is 11.2 Å². The number of phenolic OH excluding ortho intramolecular Hbond substituents is 1. The second-order valence-corrected chi connectivity index (χ2v) is 6.88. The van der Waals surface area contributed by atoms with Crippen LogP contribution in [-0.2, 0) is 10.9 Å². The average Bonchev–Trinajstić information content (AvgIpc) is 3.02. The lowest BCUT2D eigenvalue weighted by Crippen LogP contribution is -2.40. The number of hydrogen-bond acceptors (Lipinski definition) is 5. The molecule has 11 heteroatoms. The van der Waals surface area contributed by atoms with Gasteiger partial charge in [0.2, 0.25) is 0 Å². The van der Waals surface area contributed by atoms with Gasteiger partial charge in [-0.2, -0.15) is 18.3 Å². The van der Waals surface area contributed by atoms with Gasteiger partial charge in [-0.15, -0.1) is 0 Å². The van der Waals surface area contributed by atoms with Crippen molar-refractivity contribution in [2.45, 2.75) is 31.5 Å². The highest BCUT2D eigenvalue weighted by molar-refractivity contribution is 5.77. The van der Waals surface area contributed by atoms with Gasteiger partial charge in [0.05, 0.1) is 23.7 Å². The van der Waals surface area contributed by atoms with Gasteiger partial charge >= 0.3 is 6.18 Å². The normalized spacial score (nSPS) is 19.6. The first-order valence-electron chi connectivity index (χ1n) is 8.65. The van der Waals surface area contributed by atoms with E-state index in [9.17, 15) is 27.1 Å². The molecular weight excluding hydrogens is 399 g/mol. The maximum atomic E-state index is 14.1. The van der Waals surface area contributed by atoms with E-state index in [1.807, 2.05) is 0 Å². The monoisotopic (exact) mass is 414 g/mol. The number of nitrogens with zero attached hydrogens (tertiary/aromatic N) is 4. The Kier molecular flexibility index (Phi) is 4.45. The van der Waals surface area contributed by atoms with Crippen LogP contribution in [0.1, 0.15) is 23.6 Å². The maximum absolute atomic E-state index is 14.1. The number of aryl methyl sites for hydroxylation is 1. The lowest BCUT2D eigenvalue weighted by molar-refractivity contribution is -0.150. The number of hydrogen-bond donors (Lipinski definition) is 1. The number of benzene rings is 1. The van der Waals surface area contributed by atoms with Crippen LogP contribution in [0.5, 0.6) is 5.75 Å². The number of alkyl halides is 5. The van der Waals surface area contributed by atoms with E-state index in [4.69, 9.17) is 4.74 Å². The highest BCUT2D eigenvalue weighted by atomic mass is 19.4. The maximum Gasteiger partial charge on any atom is 0.416 e. The van der Waals surface area contributed by atoms with Crippen LogP contribution in [0, 0.1) is 6.92 Å². The minimum absolute atomic E-state index is 0.0449. The Hall–Kier alpha value is -2.82. The third-order valence-electron chi connectivity index (χ3n) is 4.78. The second kappa shape index (κ2) is 6.61. The predicted octanol–water partition coefficient (Wildman–Crippen LogP) is 4.12. The molecule has 1 atom stereocenters. The van der Waals surface area contributed by atoms with Gasteiger partial charge in [0.25, 0.3) is 5.92 Å². The van der Waals surface area contributed by atoms with Crippen molar-refractivity contribution < 1.29 is 31.8 Å². The van der Waals surface area contributed by atoms with Crippen LogP contribution in [0.2, 0.25) is 0 Å². The molecule has 29 heavy (non-hydrogen) atoms. The van der Waals surface area contributed by atoms with Gasteiger partial charge in [0.15, 0.2) is 5.65 Å². The van der Waals surface area contributed by atoms with Crippen molar-refractivity contribution in [2.75, 3.05) is 13.2 Å². The first-order valence-corrected chi connectivity index (χ1v) is 8.65. The van der Waals surface area contributed by atoms with E-state index in [2.05, 4.69) is 15.1 Å². The third kappa shape index (κ3) is 3.50. The molecule has 0 bridgehead atoms. The number of aromatic nitrogens is 4. The van der Waals surface area contributed by atoms with Crippen LogP contribution < -0.4 is 0 Å². The predicted molar refractivity (Wildman–Crippen MR) is 91.6 cm³/mol. The molecule has 4 rings (SSSR count). The molecule has 1 aliphatic rings. The Labute approximate surface area is 161 Å². The number of aromatic hydroxyl groups is 1. The highest BCUT2D eigenvalue weighted by Gasteiger charge is 2.44. The van der Waals surface area contributed by atoms with Gasteiger partial charge in [0, 0.05) is 12.2 Å². The van der Waals surface area contributed by atoms with E-state index >= 15 is 0 Å². The lowest BCUT2D eigenvalue weighted by atomic mass is 10.0. The largest absolute Gasteiger partial charge is 0.507 e. The number of ether oxygens (including phenoxy) is 1. The molecule has 0 aliphatic carbocycles. The molecule has 0 amide bonds. The molecule has 1 N–H and O–H groups in total. The van der Waals surface area contributed by atoms with Crippen LogP contribution in [0.3, 0.4) is 0 Å². The fourth-order valence-electron chi connectivity index (χ4n) is 3.40. The lowest BCUT2D eigenvalue weighted by Gasteiger charge is -2.31. The standard InChI is InChI=1S/C18H15F5N4O2/c1-9-4-10(18(21,22)23)5-13(28)15(9)11-6-24-12-7-27(26-16(12)25-11)14-2-3-29-8-17(14,19)20/h4-7,14,28H,2-3,8H2,1H3/t14-/m1/s1. The van der Waals surface area contributed by atoms with Crippen molar-refractivity contribution in [3.8, 4) is 17.0 Å². The summed E-state index contributed by atoms with van der Waals surface area (Å²) in [5, 5.41) is 14.2. The van der Waals surface area contributed by atoms with Gasteiger partial charge < -0.3 is 9.84 Å². The number of rotatable bonds is 2. The second-order valence-electron chi connectivity index (χ2n) is 6.88. The first kappa shape index (κ1) is 19.5. The first-order chi connectivity index (χ1) is 13.6. The zero-order valence-electron chi connectivity index (χ0n) is 15.0. The Bertz CT molecular complexity index is 1060. The smallest absolute Gasteiger partial charge is 0.416 e. The van der Waals surface area contributed by atoms with Crippen molar-refractivity contribution in [1.29, 1.82) is 0 Å². The van der Waals surface area contributed by atoms with Gasteiger partial charge in [-0.3, -0.25) is 4.68 Å². The van der Waals surface area contributed by atoms with Crippen molar-refractivity contribution in [3.05, 3.63) is 35.7 Å². The molecule has 0 saturated carbocycles. The number of phenols is 1. The van der Waals surface area contributed by atoms with E-state index < -0.39 is 36.1 Å². The molecule has 1 aliphatic heterocycles. The molecule has 154 valence electrons. The fraction of sp³-hybridized carbons (Fsp3) is 0.389. The molecule has 1 fully saturated rings. The molecule has 6 nitrogen and oxygen atoms in total. The van der Waals surface area contributed by atoms with E-state index in [1.165, 1.54) is 19.3 Å². The van der Waals surface area contributed by atoms with Crippen LogP contribution >= 0.6 is 0 Å². The molecule has 0 unspecified atom stereocenters. The van der Waals surface area contributed by atoms with Crippen LogP contribution in [0.4, 0.5) is 22.0 Å². The number of halogens is 5. The molecular formula is C18H15F5N4O2. The molecule has 1 aromatic carbocycles. The van der Waals surface area contributed by atoms with E-state index in [-0.39, 0.29) is 41.0 Å². The zero-order valence-corrected chi connectivity index (χ0v) is 15.0. The van der Waals surface area contributed by atoms with Crippen LogP contribution in [0.25, 0.3) is 22.4 Å². The summed E-state index contributed by atoms with van der Waals surface area (Å²) in [6.07, 6.45) is -1.95. The quantitative estimate of drug-likeness (QED) is 0.639. The van der Waals surface area contributed by atoms with E-state index in [0.29, 0.717) is 6.07 Å². The summed E-state index contributed by atoms with van der Waals surface area (Å²) in [6, 6.07) is 0.286. The molecule has 3 heterocycles. The topological polar surface area (TPSA) is 73.1 Å². The number of fused-ring (bicyclic) bond motifs is 1. The summed E-state index contributed by atoms with van der Waals surface area (Å²) in [5.74, 6) is -3.72. The summed E-state index contributed by atoms with van der Waals surface area (Å²) < 4.78 is 72.9. The van der Waals surface area contributed by atoms with E-state index in [0.717, 1.165) is 10.7 Å². The van der Waals surface area contributed by atoms with Gasteiger partial charge in [-0.1, -0.05) is 0 Å². The van der Waals surface area contributed by atoms with Gasteiger partial charge in [-0.25, -0.2) is 18.7 Å². The Balaban J connectivity index is 1.75. The highest BCUT2D eigenvalue weighted by Crippen LogP contribution is 2.39. The minimum atomic E-state index is -4.61. The minimum Gasteiger partial charge on any atom is -0.507 e. The summed E-state index contributed by atoms with van der Waals surface area (Å²) >= 11 is 0. The van der Waals surface area contributed by atoms with Gasteiger partial charge in [-0.05, 0) is 31.0 Å². The summed E-state index contributed by atoms with van der Waals surface area (Å²) in [7, 11) is 0. The molecule has 1 saturated heterocycles. The summed E-state index contributed by atoms with van der Waals surface area (Å²) in [5.41, 5.74) is -0.398. The van der Waals surface area contributed by atoms with E-state index in [1.54, 1.807) is 0 Å². The van der Waals surface area contributed by atoms with Crippen molar-refractivity contribution in [1.82, 2.24) is 19.7 Å². The average molecular weight is 414 g/mol. The van der Waals surface area contributed by atoms with Gasteiger partial charge in [0.1, 0.15) is 23.9 Å². The summed E-state index contributed by atoms with van der Waals surface area (Å²) in [4.78, 5) is 8.33. The Morgan fingerprint density at radius 3 is 2.69 bits per heavy atom. The van der Waals surface area contributed by atoms with Crippen molar-refractivity contribution in [3.63, 3.8) is 0 Å². The summed E-state index contributed by atoms with van der Waals surface area (Å²) in [6.45, 7) is 0.858.